The molecule has 2 rings (SSSR count). The Morgan fingerprint density at radius 3 is 1.86 bits per heavy atom. The first kappa shape index (κ1) is 15.3. The molecule has 0 amide bonds. The third kappa shape index (κ3) is 3.72. The molecule has 0 unspecified atom stereocenters. The lowest BCUT2D eigenvalue weighted by molar-refractivity contribution is -0.137. The Balaban J connectivity index is 2.23. The molecule has 2 aromatic rings. The highest BCUT2D eigenvalue weighted by molar-refractivity contribution is 7.92. The summed E-state index contributed by atoms with van der Waals surface area (Å²) in [5.41, 5.74) is -0.903. The van der Waals surface area contributed by atoms with Gasteiger partial charge in [0.25, 0.3) is 10.0 Å². The van der Waals surface area contributed by atoms with Crippen molar-refractivity contribution in [3.05, 3.63) is 59.9 Å². The summed E-state index contributed by atoms with van der Waals surface area (Å²) in [7, 11) is -3.98. The number of halogens is 4. The molecule has 0 spiro atoms. The molecule has 0 atom stereocenters. The highest BCUT2D eigenvalue weighted by atomic mass is 32.2. The van der Waals surface area contributed by atoms with Crippen LogP contribution >= 0.6 is 0 Å². The molecular weight excluding hydrogens is 310 g/mol. The molecule has 0 aromatic heterocycles. The van der Waals surface area contributed by atoms with E-state index in [1.54, 1.807) is 0 Å². The predicted molar refractivity (Wildman–Crippen MR) is 68.7 cm³/mol. The molecule has 0 fully saturated rings. The van der Waals surface area contributed by atoms with Gasteiger partial charge >= 0.3 is 6.18 Å². The molecule has 0 saturated heterocycles. The smallest absolute Gasteiger partial charge is 0.280 e. The lowest BCUT2D eigenvalue weighted by atomic mass is 10.2. The van der Waals surface area contributed by atoms with Crippen molar-refractivity contribution in [1.82, 2.24) is 0 Å². The summed E-state index contributed by atoms with van der Waals surface area (Å²) in [6.07, 6.45) is -4.49. The van der Waals surface area contributed by atoms with Crippen LogP contribution in [0.3, 0.4) is 0 Å². The third-order valence-corrected chi connectivity index (χ3v) is 3.99. The maximum absolute atomic E-state index is 12.7. The molecular formula is C13H9F4NO2S. The Morgan fingerprint density at radius 2 is 1.38 bits per heavy atom. The number of alkyl halides is 3. The highest BCUT2D eigenvalue weighted by Crippen LogP contribution is 2.30. The van der Waals surface area contributed by atoms with E-state index in [4.69, 9.17) is 0 Å². The zero-order valence-electron chi connectivity index (χ0n) is 10.4. The second kappa shape index (κ2) is 5.36. The van der Waals surface area contributed by atoms with E-state index in [-0.39, 0.29) is 10.6 Å². The van der Waals surface area contributed by atoms with E-state index in [0.717, 1.165) is 48.5 Å². The van der Waals surface area contributed by atoms with Crippen molar-refractivity contribution in [3.8, 4) is 0 Å². The number of benzene rings is 2. The summed E-state index contributed by atoms with van der Waals surface area (Å²) in [5.74, 6) is -0.594. The van der Waals surface area contributed by atoms with Gasteiger partial charge in [-0.2, -0.15) is 13.2 Å². The van der Waals surface area contributed by atoms with Gasteiger partial charge in [0.05, 0.1) is 10.5 Å². The second-order valence-electron chi connectivity index (χ2n) is 4.13. The first-order valence-electron chi connectivity index (χ1n) is 5.64. The number of nitrogens with one attached hydrogen (secondary N) is 1. The lowest BCUT2D eigenvalue weighted by Gasteiger charge is -2.10. The molecule has 0 saturated carbocycles. The van der Waals surface area contributed by atoms with Crippen LogP contribution in [0.5, 0.6) is 0 Å². The summed E-state index contributed by atoms with van der Waals surface area (Å²) < 4.78 is 75.9. The predicted octanol–water partition coefficient (Wildman–Crippen LogP) is 3.65. The van der Waals surface area contributed by atoms with Gasteiger partial charge in [-0.25, -0.2) is 12.8 Å². The van der Waals surface area contributed by atoms with Crippen LogP contribution in [0.1, 0.15) is 5.56 Å². The summed E-state index contributed by atoms with van der Waals surface area (Å²) in [6.45, 7) is 0. The number of hydrogen-bond donors (Lipinski definition) is 1. The molecule has 0 aliphatic rings. The van der Waals surface area contributed by atoms with Crippen LogP contribution in [0.2, 0.25) is 0 Å². The van der Waals surface area contributed by atoms with Gasteiger partial charge in [0.15, 0.2) is 0 Å². The Labute approximate surface area is 118 Å². The average molecular weight is 319 g/mol. The second-order valence-corrected chi connectivity index (χ2v) is 5.82. The molecule has 8 heteroatoms. The monoisotopic (exact) mass is 319 g/mol. The summed E-state index contributed by atoms with van der Waals surface area (Å²) in [4.78, 5) is -0.191. The number of rotatable bonds is 3. The van der Waals surface area contributed by atoms with Crippen molar-refractivity contribution >= 4 is 15.7 Å². The van der Waals surface area contributed by atoms with Crippen LogP contribution in [-0.4, -0.2) is 8.42 Å². The molecule has 112 valence electrons. The summed E-state index contributed by atoms with van der Waals surface area (Å²) in [5, 5.41) is 0. The molecule has 0 radical (unpaired) electrons. The zero-order chi connectivity index (χ0) is 15.7. The molecule has 0 bridgehead atoms. The van der Waals surface area contributed by atoms with Crippen molar-refractivity contribution in [2.45, 2.75) is 11.1 Å². The molecule has 21 heavy (non-hydrogen) atoms. The lowest BCUT2D eigenvalue weighted by Crippen LogP contribution is -2.13. The Hall–Kier alpha value is -2.09. The quantitative estimate of drug-likeness (QED) is 0.878. The van der Waals surface area contributed by atoms with Crippen molar-refractivity contribution in [3.63, 3.8) is 0 Å². The molecule has 1 N–H and O–H groups in total. The van der Waals surface area contributed by atoms with Crippen LogP contribution in [0.15, 0.2) is 53.4 Å². The maximum Gasteiger partial charge on any atom is 0.416 e. The summed E-state index contributed by atoms with van der Waals surface area (Å²) in [6, 6.07) is 7.60. The van der Waals surface area contributed by atoms with Crippen LogP contribution in [-0.2, 0) is 16.2 Å². The van der Waals surface area contributed by atoms with Crippen molar-refractivity contribution in [2.75, 3.05) is 4.72 Å². The van der Waals surface area contributed by atoms with E-state index >= 15 is 0 Å². The van der Waals surface area contributed by atoms with Crippen molar-refractivity contribution < 1.29 is 26.0 Å². The molecule has 0 heterocycles. The number of anilines is 1. The van der Waals surface area contributed by atoms with Gasteiger partial charge in [-0.15, -0.1) is 0 Å². The minimum Gasteiger partial charge on any atom is -0.280 e. The van der Waals surface area contributed by atoms with Crippen molar-refractivity contribution in [1.29, 1.82) is 0 Å². The van der Waals surface area contributed by atoms with E-state index in [1.807, 2.05) is 0 Å². The molecule has 3 nitrogen and oxygen atoms in total. The van der Waals surface area contributed by atoms with Crippen LogP contribution in [0.25, 0.3) is 0 Å². The van der Waals surface area contributed by atoms with E-state index in [0.29, 0.717) is 0 Å². The fraction of sp³-hybridized carbons (Fsp3) is 0.0769. The number of sulfonamides is 1. The Kier molecular flexibility index (Phi) is 3.91. The first-order valence-corrected chi connectivity index (χ1v) is 7.12. The Bertz CT molecular complexity index is 722. The van der Waals surface area contributed by atoms with Gasteiger partial charge in [-0.05, 0) is 48.5 Å². The normalized spacial score (nSPS) is 12.2. The van der Waals surface area contributed by atoms with Gasteiger partial charge in [-0.1, -0.05) is 0 Å². The molecule has 2 aromatic carbocycles. The minimum atomic E-state index is -4.49. The highest BCUT2D eigenvalue weighted by Gasteiger charge is 2.30. The third-order valence-electron chi connectivity index (χ3n) is 2.59. The van der Waals surface area contributed by atoms with Crippen LogP contribution in [0.4, 0.5) is 23.2 Å². The van der Waals surface area contributed by atoms with Gasteiger partial charge < -0.3 is 0 Å². The first-order chi connectivity index (χ1) is 9.68. The summed E-state index contributed by atoms with van der Waals surface area (Å²) >= 11 is 0. The fourth-order valence-electron chi connectivity index (χ4n) is 1.56. The molecule has 0 aliphatic heterocycles. The molecule has 0 aliphatic carbocycles. The van der Waals surface area contributed by atoms with Gasteiger partial charge in [-0.3, -0.25) is 4.72 Å². The topological polar surface area (TPSA) is 46.2 Å². The van der Waals surface area contributed by atoms with Crippen molar-refractivity contribution in [2.24, 2.45) is 0 Å². The van der Waals surface area contributed by atoms with Gasteiger partial charge in [0.1, 0.15) is 5.82 Å². The fourth-order valence-corrected chi connectivity index (χ4v) is 2.61. The average Bonchev–Trinajstić information content (AvgIpc) is 2.38. The van der Waals surface area contributed by atoms with Gasteiger partial charge in [0, 0.05) is 5.69 Å². The minimum absolute atomic E-state index is 0.0210. The maximum atomic E-state index is 12.7. The van der Waals surface area contributed by atoms with E-state index in [9.17, 15) is 26.0 Å². The van der Waals surface area contributed by atoms with E-state index < -0.39 is 27.6 Å². The van der Waals surface area contributed by atoms with Gasteiger partial charge in [0.2, 0.25) is 0 Å². The number of hydrogen-bond acceptors (Lipinski definition) is 2. The zero-order valence-corrected chi connectivity index (χ0v) is 11.2. The van der Waals surface area contributed by atoms with E-state index in [1.165, 1.54) is 0 Å². The van der Waals surface area contributed by atoms with Crippen LogP contribution in [0, 0.1) is 5.82 Å². The Morgan fingerprint density at radius 1 is 0.857 bits per heavy atom. The van der Waals surface area contributed by atoms with Crippen LogP contribution < -0.4 is 4.72 Å². The standard InChI is InChI=1S/C13H9F4NO2S/c14-10-3-7-12(8-4-10)21(19,20)18-11-5-1-9(2-6-11)13(15,16)17/h1-8,18H. The largest absolute Gasteiger partial charge is 0.416 e. The van der Waals surface area contributed by atoms with E-state index in [2.05, 4.69) is 4.72 Å². The SMILES string of the molecule is O=S(=O)(Nc1ccc(C(F)(F)F)cc1)c1ccc(F)cc1.